The van der Waals surface area contributed by atoms with Gasteiger partial charge in [-0.3, -0.25) is 9.59 Å². The number of benzene rings is 2. The van der Waals surface area contributed by atoms with Crippen molar-refractivity contribution in [2.75, 3.05) is 22.1 Å². The highest BCUT2D eigenvalue weighted by Crippen LogP contribution is 2.42. The van der Waals surface area contributed by atoms with Gasteiger partial charge in [0, 0.05) is 58.0 Å². The Labute approximate surface area is 252 Å². The molecule has 0 radical (unpaired) electrons. The first kappa shape index (κ1) is 34.5. The van der Waals surface area contributed by atoms with Crippen molar-refractivity contribution in [3.05, 3.63) is 46.5 Å². The van der Waals surface area contributed by atoms with Gasteiger partial charge in [0.25, 0.3) is 0 Å². The molecule has 7 heteroatoms. The maximum Gasteiger partial charge on any atom is 0.225 e. The third kappa shape index (κ3) is 9.69. The van der Waals surface area contributed by atoms with Crippen LogP contribution in [-0.2, 0) is 31.2 Å². The Morgan fingerprint density at radius 1 is 0.561 bits per heavy atom. The summed E-state index contributed by atoms with van der Waals surface area (Å²) in [4.78, 5) is 25.4. The molecule has 0 bridgehead atoms. The molecule has 0 heterocycles. The van der Waals surface area contributed by atoms with Gasteiger partial charge in [-0.05, 0) is 45.9 Å². The fourth-order valence-corrected chi connectivity index (χ4v) is 5.44. The number of phenols is 2. The molecule has 2 amide bonds. The summed E-state index contributed by atoms with van der Waals surface area (Å²) in [6.45, 7) is 24.5. The largest absolute Gasteiger partial charge is 0.507 e. The summed E-state index contributed by atoms with van der Waals surface area (Å²) in [6, 6.07) is 7.44. The first-order valence-corrected chi connectivity index (χ1v) is 15.6. The zero-order chi connectivity index (χ0) is 31.6. The molecular weight excluding hydrogens is 532 g/mol. The van der Waals surface area contributed by atoms with E-state index < -0.39 is 0 Å². The van der Waals surface area contributed by atoms with E-state index in [2.05, 4.69) is 10.6 Å². The van der Waals surface area contributed by atoms with Crippen LogP contribution in [0.3, 0.4) is 0 Å². The smallest absolute Gasteiger partial charge is 0.225 e. The number of hydrogen-bond acceptors (Lipinski definition) is 5. The van der Waals surface area contributed by atoms with Crippen LogP contribution >= 0.6 is 11.8 Å². The van der Waals surface area contributed by atoms with Crippen LogP contribution in [0.1, 0.15) is 118 Å². The first-order chi connectivity index (χ1) is 18.5. The molecule has 2 rings (SSSR count). The zero-order valence-electron chi connectivity index (χ0n) is 27.3. The molecule has 0 saturated heterocycles. The molecule has 0 aliphatic rings. The summed E-state index contributed by atoms with van der Waals surface area (Å²) in [5.74, 6) is 1.57. The van der Waals surface area contributed by atoms with Crippen molar-refractivity contribution in [2.45, 2.75) is 118 Å². The van der Waals surface area contributed by atoms with E-state index in [1.165, 1.54) is 0 Å². The minimum Gasteiger partial charge on any atom is -0.507 e. The summed E-state index contributed by atoms with van der Waals surface area (Å²) in [7, 11) is 0. The summed E-state index contributed by atoms with van der Waals surface area (Å²) in [6.07, 6.45) is 0.648. The van der Waals surface area contributed by atoms with Crippen LogP contribution in [0.25, 0.3) is 0 Å². The van der Waals surface area contributed by atoms with E-state index in [4.69, 9.17) is 0 Å². The summed E-state index contributed by atoms with van der Waals surface area (Å²) >= 11 is 1.56. The monoisotopic (exact) mass is 584 g/mol. The molecule has 0 saturated carbocycles. The molecule has 2 aromatic carbocycles. The lowest BCUT2D eigenvalue weighted by molar-refractivity contribution is -0.116. The molecule has 0 atom stereocenters. The van der Waals surface area contributed by atoms with E-state index in [-0.39, 0.29) is 45.0 Å². The number of amides is 2. The van der Waals surface area contributed by atoms with Crippen LogP contribution in [0.2, 0.25) is 0 Å². The lowest BCUT2D eigenvalue weighted by Gasteiger charge is -2.28. The topological polar surface area (TPSA) is 98.7 Å². The van der Waals surface area contributed by atoms with E-state index in [0.717, 1.165) is 22.3 Å². The number of anilines is 2. The van der Waals surface area contributed by atoms with Gasteiger partial charge in [0.1, 0.15) is 11.5 Å². The van der Waals surface area contributed by atoms with Gasteiger partial charge in [-0.2, -0.15) is 11.8 Å². The number of rotatable bonds is 8. The van der Waals surface area contributed by atoms with Gasteiger partial charge in [-0.25, -0.2) is 0 Å². The number of carbonyl (C=O) groups excluding carboxylic acids is 2. The van der Waals surface area contributed by atoms with Crippen LogP contribution in [-0.4, -0.2) is 33.5 Å². The lowest BCUT2D eigenvalue weighted by atomic mass is 9.79. The van der Waals surface area contributed by atoms with Crippen LogP contribution in [0.4, 0.5) is 11.4 Å². The first-order valence-electron chi connectivity index (χ1n) is 14.4. The van der Waals surface area contributed by atoms with Crippen LogP contribution < -0.4 is 10.6 Å². The molecule has 0 spiro atoms. The number of hydrogen-bond donors (Lipinski definition) is 4. The highest BCUT2D eigenvalue weighted by atomic mass is 32.2. The SMILES string of the molecule is CC(C)(C)c1cc(NC(=O)CCSCCC(=O)Nc2cc(C(C)(C)C)c(O)c(C(C)(C)C)c2)cc(C(C)(C)C)c1O. The Balaban J connectivity index is 1.96. The van der Waals surface area contributed by atoms with Crippen molar-refractivity contribution in [1.29, 1.82) is 0 Å². The van der Waals surface area contributed by atoms with Gasteiger partial charge in [-0.1, -0.05) is 83.1 Å². The van der Waals surface area contributed by atoms with Gasteiger partial charge in [0.05, 0.1) is 0 Å². The minimum absolute atomic E-state index is 0.0964. The van der Waals surface area contributed by atoms with Gasteiger partial charge in [-0.15, -0.1) is 0 Å². The summed E-state index contributed by atoms with van der Waals surface area (Å²) < 4.78 is 0. The maximum absolute atomic E-state index is 12.7. The second-order valence-electron chi connectivity index (χ2n) is 15.0. The van der Waals surface area contributed by atoms with Crippen molar-refractivity contribution < 1.29 is 19.8 Å². The lowest BCUT2D eigenvalue weighted by Crippen LogP contribution is -2.20. The maximum atomic E-state index is 12.7. The predicted octanol–water partition coefficient (Wildman–Crippen LogP) is 8.38. The Kier molecular flexibility index (Phi) is 10.7. The standard InChI is InChI=1S/C34H52N2O4S/c1-31(2,3)23-17-21(18-24(29(23)39)32(4,5)6)35-27(37)13-15-41-16-14-28(38)36-22-19-25(33(7,8)9)30(40)26(20-22)34(10,11)12/h17-20,39-40H,13-16H2,1-12H3,(H,35,37)(H,36,38). The average Bonchev–Trinajstić information content (AvgIpc) is 2.77. The highest BCUT2D eigenvalue weighted by Gasteiger charge is 2.28. The van der Waals surface area contributed by atoms with Crippen LogP contribution in [0.15, 0.2) is 24.3 Å². The zero-order valence-corrected chi connectivity index (χ0v) is 28.1. The molecule has 228 valence electrons. The molecular formula is C34H52N2O4S. The second-order valence-corrected chi connectivity index (χ2v) is 16.3. The van der Waals surface area contributed by atoms with Gasteiger partial charge >= 0.3 is 0 Å². The number of nitrogens with one attached hydrogen (secondary N) is 2. The van der Waals surface area contributed by atoms with E-state index in [1.807, 2.05) is 107 Å². The fraction of sp³-hybridized carbons (Fsp3) is 0.588. The normalized spacial score (nSPS) is 12.8. The molecule has 0 aromatic heterocycles. The molecule has 0 aliphatic carbocycles. The Morgan fingerprint density at radius 3 is 1.02 bits per heavy atom. The van der Waals surface area contributed by atoms with Crippen LogP contribution in [0, 0.1) is 0 Å². The molecule has 41 heavy (non-hydrogen) atoms. The molecule has 6 nitrogen and oxygen atoms in total. The van der Waals surface area contributed by atoms with Gasteiger partial charge < -0.3 is 20.8 Å². The molecule has 0 aliphatic heterocycles. The Bertz CT molecular complexity index is 1090. The van der Waals surface area contributed by atoms with E-state index in [0.29, 0.717) is 35.7 Å². The Morgan fingerprint density at radius 2 is 0.805 bits per heavy atom. The highest BCUT2D eigenvalue weighted by molar-refractivity contribution is 7.99. The van der Waals surface area contributed by atoms with Crippen LogP contribution in [0.5, 0.6) is 11.5 Å². The van der Waals surface area contributed by atoms with E-state index >= 15 is 0 Å². The van der Waals surface area contributed by atoms with Crippen molar-refractivity contribution in [3.63, 3.8) is 0 Å². The van der Waals surface area contributed by atoms with Crippen molar-refractivity contribution in [1.82, 2.24) is 0 Å². The van der Waals surface area contributed by atoms with Gasteiger partial charge in [0.15, 0.2) is 0 Å². The molecule has 0 unspecified atom stereocenters. The minimum atomic E-state index is -0.274. The predicted molar refractivity (Wildman–Crippen MR) is 175 cm³/mol. The second kappa shape index (κ2) is 12.7. The number of carbonyl (C=O) groups is 2. The summed E-state index contributed by atoms with van der Waals surface area (Å²) in [5, 5.41) is 27.8. The summed E-state index contributed by atoms with van der Waals surface area (Å²) in [5.41, 5.74) is 3.49. The number of thioether (sulfide) groups is 1. The van der Waals surface area contributed by atoms with E-state index in [1.54, 1.807) is 11.8 Å². The Hall–Kier alpha value is -2.67. The number of aromatic hydroxyl groups is 2. The average molecular weight is 585 g/mol. The molecule has 0 fully saturated rings. The quantitative estimate of drug-likeness (QED) is 0.185. The molecule has 2 aromatic rings. The molecule has 4 N–H and O–H groups in total. The third-order valence-electron chi connectivity index (χ3n) is 6.97. The fourth-order valence-electron chi connectivity index (χ4n) is 4.58. The van der Waals surface area contributed by atoms with Gasteiger partial charge in [0.2, 0.25) is 11.8 Å². The number of phenolic OH excluding ortho intramolecular Hbond substituents is 2. The van der Waals surface area contributed by atoms with Crippen molar-refractivity contribution in [2.24, 2.45) is 0 Å². The van der Waals surface area contributed by atoms with Crippen molar-refractivity contribution >= 4 is 35.0 Å². The third-order valence-corrected chi connectivity index (χ3v) is 7.95. The van der Waals surface area contributed by atoms with Crippen molar-refractivity contribution in [3.8, 4) is 11.5 Å². The van der Waals surface area contributed by atoms with E-state index in [9.17, 15) is 19.8 Å².